The van der Waals surface area contributed by atoms with E-state index in [1.807, 2.05) is 0 Å². The van der Waals surface area contributed by atoms with Crippen LogP contribution in [-0.4, -0.2) is 25.3 Å². The average molecular weight is 246 g/mol. The van der Waals surface area contributed by atoms with Crippen molar-refractivity contribution in [2.75, 3.05) is 0 Å². The lowest BCUT2D eigenvalue weighted by molar-refractivity contribution is -0.825. The maximum absolute atomic E-state index is 10.3. The summed E-state index contributed by atoms with van der Waals surface area (Å²) in [4.78, 5) is 16.9. The molecule has 0 saturated carbocycles. The molecule has 0 radical (unpaired) electrons. The predicted octanol–water partition coefficient (Wildman–Crippen LogP) is -0.806. The van der Waals surface area contributed by atoms with Crippen molar-refractivity contribution in [1.29, 1.82) is 0 Å². The summed E-state index contributed by atoms with van der Waals surface area (Å²) in [6.07, 6.45) is 2.94. The van der Waals surface area contributed by atoms with E-state index < -0.39 is 26.4 Å². The van der Waals surface area contributed by atoms with Crippen LogP contribution in [0.4, 0.5) is 11.6 Å². The molecular weight excluding hydrogens is 244 g/mol. The molecule has 13 heteroatoms. The Balaban J connectivity index is 0.000000239. The van der Waals surface area contributed by atoms with Gasteiger partial charge in [0.2, 0.25) is 0 Å². The molecule has 0 spiro atoms. The Bertz CT molecular complexity index is 487. The van der Waals surface area contributed by atoms with Crippen LogP contribution in [-0.2, 0) is 0 Å². The minimum Gasteiger partial charge on any atom is -0.357 e. The molecule has 0 aliphatic carbocycles. The summed E-state index contributed by atoms with van der Waals surface area (Å²) >= 11 is 0. The van der Waals surface area contributed by atoms with Crippen molar-refractivity contribution >= 4 is 11.6 Å². The molecule has 0 saturated heterocycles. The van der Waals surface area contributed by atoms with Crippen LogP contribution >= 0.6 is 0 Å². The largest absolute Gasteiger partial charge is 0.545 e. The van der Waals surface area contributed by atoms with Gasteiger partial charge in [0, 0.05) is 4.92 Å². The van der Waals surface area contributed by atoms with E-state index in [0.29, 0.717) is 0 Å². The van der Waals surface area contributed by atoms with Crippen molar-refractivity contribution in [3.8, 4) is 0 Å². The average Bonchev–Trinajstić information content (AvgIpc) is 2.87. The summed E-state index contributed by atoms with van der Waals surface area (Å²) in [7, 11) is 0. The Kier molecular flexibility index (Phi) is 3.59. The minimum atomic E-state index is -1.33. The van der Waals surface area contributed by atoms with Gasteiger partial charge in [0.05, 0.1) is 17.3 Å². The van der Waals surface area contributed by atoms with Gasteiger partial charge in [-0.3, -0.25) is 0 Å². The number of hydrogen-bond donors (Lipinski definition) is 0. The van der Waals surface area contributed by atoms with Crippen LogP contribution in [0.3, 0.4) is 0 Å². The van der Waals surface area contributed by atoms with Crippen molar-refractivity contribution in [1.82, 2.24) is 15.5 Å². The van der Waals surface area contributed by atoms with Crippen molar-refractivity contribution in [2.45, 2.75) is 0 Å². The third-order valence-corrected chi connectivity index (χ3v) is 1.20. The Hall–Kier alpha value is -3.12. The smallest absolute Gasteiger partial charge is 0.357 e. The fourth-order valence-corrected chi connectivity index (χ4v) is 0.636. The van der Waals surface area contributed by atoms with Crippen LogP contribution in [0.2, 0.25) is 0 Å². The second kappa shape index (κ2) is 5.10. The van der Waals surface area contributed by atoms with Crippen LogP contribution in [0.1, 0.15) is 0 Å². The van der Waals surface area contributed by atoms with Crippen molar-refractivity contribution < 1.29 is 24.0 Å². The molecule has 0 unspecified atom stereocenters. The first-order chi connectivity index (χ1) is 8.04. The molecule has 0 aromatic carbocycles. The monoisotopic (exact) mass is 246 g/mol. The second-order valence-electron chi connectivity index (χ2n) is 2.18. The van der Waals surface area contributed by atoms with E-state index >= 15 is 0 Å². The number of nitro groups is 2. The van der Waals surface area contributed by atoms with E-state index in [-0.39, 0.29) is 0 Å². The highest BCUT2D eigenvalue weighted by molar-refractivity contribution is 5.31. The summed E-state index contributed by atoms with van der Waals surface area (Å²) in [5.41, 5.74) is 0. The molecule has 0 amide bonds. The molecule has 0 fully saturated rings. The van der Waals surface area contributed by atoms with Gasteiger partial charge in [0.25, 0.3) is 0 Å². The minimum absolute atomic E-state index is 0.641. The lowest BCUT2D eigenvalue weighted by Gasteiger charge is -1.86. The Morgan fingerprint density at radius 3 is 2.06 bits per heavy atom. The molecule has 0 aliphatic heterocycles. The fraction of sp³-hybridized carbons (Fsp3) is 0. The maximum Gasteiger partial charge on any atom is 0.545 e. The van der Waals surface area contributed by atoms with Gasteiger partial charge in [-0.1, -0.05) is 10.3 Å². The third-order valence-electron chi connectivity index (χ3n) is 1.20. The second-order valence-corrected chi connectivity index (χ2v) is 2.18. The van der Waals surface area contributed by atoms with E-state index in [9.17, 15) is 25.4 Å². The van der Waals surface area contributed by atoms with E-state index in [4.69, 9.17) is 0 Å². The molecule has 0 aliphatic rings. The van der Waals surface area contributed by atoms with Gasteiger partial charge in [0.15, 0.2) is 5.16 Å². The normalized spacial score (nSPS) is 9.18. The number of hydrogen-bond acceptors (Lipinski definition) is 10. The lowest BCUT2D eigenvalue weighted by atomic mass is 10.7. The van der Waals surface area contributed by atoms with Gasteiger partial charge in [-0.05, 0) is 4.92 Å². The van der Waals surface area contributed by atoms with Crippen molar-refractivity contribution in [3.05, 3.63) is 37.8 Å². The summed E-state index contributed by atoms with van der Waals surface area (Å²) in [5, 5.41) is 39.3. The lowest BCUT2D eigenvalue weighted by Crippen LogP contribution is -2.26. The first-order valence-corrected chi connectivity index (χ1v) is 3.64. The first-order valence-electron chi connectivity index (χ1n) is 3.64. The molecule has 2 rings (SSSR count). The van der Waals surface area contributed by atoms with Gasteiger partial charge in [-0.25, -0.2) is 4.63 Å². The molecule has 2 heterocycles. The summed E-state index contributed by atoms with van der Waals surface area (Å²) in [6, 6.07) is 0. The van der Waals surface area contributed by atoms with Crippen molar-refractivity contribution in [3.63, 3.8) is 0 Å². The van der Waals surface area contributed by atoms with Crippen LogP contribution in [0, 0.1) is 25.4 Å². The zero-order valence-electron chi connectivity index (χ0n) is 7.70. The van der Waals surface area contributed by atoms with Crippen LogP contribution in [0.25, 0.3) is 0 Å². The quantitative estimate of drug-likeness (QED) is 0.369. The van der Waals surface area contributed by atoms with E-state index in [0.717, 1.165) is 0 Å². The molecule has 0 N–H and O–H groups in total. The highest BCUT2D eigenvalue weighted by atomic mass is 16.8. The van der Waals surface area contributed by atoms with Gasteiger partial charge < -0.3 is 25.4 Å². The van der Waals surface area contributed by atoms with Crippen molar-refractivity contribution in [2.24, 2.45) is 0 Å². The summed E-state index contributed by atoms with van der Waals surface area (Å²) < 4.78 is 7.73. The highest BCUT2D eigenvalue weighted by Gasteiger charge is 2.37. The zero-order chi connectivity index (χ0) is 12.8. The Labute approximate surface area is 90.0 Å². The molecule has 2 aromatic heterocycles. The van der Waals surface area contributed by atoms with Gasteiger partial charge in [-0.2, -0.15) is 4.63 Å². The molecule has 2 aromatic rings. The SMILES string of the molecule is O=[N+]([O-])c1no[n+]([O-])c1[N+](=O)[O-].c1cnon1. The Morgan fingerprint density at radius 2 is 1.76 bits per heavy atom. The summed E-state index contributed by atoms with van der Waals surface area (Å²) in [6.45, 7) is 0. The molecule has 0 bridgehead atoms. The first kappa shape index (κ1) is 12.0. The maximum atomic E-state index is 10.3. The molecule has 90 valence electrons. The van der Waals surface area contributed by atoms with E-state index in [2.05, 4.69) is 24.7 Å². The van der Waals surface area contributed by atoms with E-state index in [1.165, 1.54) is 12.4 Å². The molecular formula is C4H2N6O7. The Morgan fingerprint density at radius 1 is 1.18 bits per heavy atom. The number of rotatable bonds is 2. The standard InChI is InChI=1S/C2N4O6.C2H2N2O/c7-4(8)1-2(5(9)10)6(11)12-3-1;1-2-4-5-3-1/h;1-2H. The number of aromatic nitrogens is 4. The van der Waals surface area contributed by atoms with Crippen LogP contribution in [0.15, 0.2) is 21.7 Å². The van der Waals surface area contributed by atoms with Crippen LogP contribution in [0.5, 0.6) is 0 Å². The topological polar surface area (TPSA) is 178 Å². The zero-order valence-corrected chi connectivity index (χ0v) is 7.70. The molecule has 0 atom stereocenters. The third kappa shape index (κ3) is 2.91. The van der Waals surface area contributed by atoms with Crippen LogP contribution < -0.4 is 4.90 Å². The molecule has 17 heavy (non-hydrogen) atoms. The predicted molar refractivity (Wildman–Crippen MR) is 43.1 cm³/mol. The van der Waals surface area contributed by atoms with Gasteiger partial charge in [-0.15, -0.1) is 0 Å². The van der Waals surface area contributed by atoms with Gasteiger partial charge >= 0.3 is 11.6 Å². The summed E-state index contributed by atoms with van der Waals surface area (Å²) in [5.74, 6) is -2.55. The van der Waals surface area contributed by atoms with Gasteiger partial charge in [0.1, 0.15) is 0 Å². The highest BCUT2D eigenvalue weighted by Crippen LogP contribution is 2.17. The fourth-order valence-electron chi connectivity index (χ4n) is 0.636. The number of nitrogens with zero attached hydrogens (tertiary/aromatic N) is 6. The molecule has 13 nitrogen and oxygen atoms in total. The van der Waals surface area contributed by atoms with E-state index in [1.54, 1.807) is 0 Å².